The van der Waals surface area contributed by atoms with Gasteiger partial charge in [-0.15, -0.1) is 0 Å². The minimum Gasteiger partial charge on any atom is -1.00 e. The van der Waals surface area contributed by atoms with Crippen LogP contribution in [-0.4, -0.2) is 11.7 Å². The second-order valence-corrected chi connectivity index (χ2v) is 0.316. The summed E-state index contributed by atoms with van der Waals surface area (Å²) in [6, 6.07) is 0. The Bertz CT molecular complexity index is 12.9. The van der Waals surface area contributed by atoms with Crippen LogP contribution in [0.2, 0.25) is 0 Å². The summed E-state index contributed by atoms with van der Waals surface area (Å²) in [7, 11) is 0. The molecule has 53 valence electrons. The largest absolute Gasteiger partial charge is 3.00 e. The SMILES string of the molecule is CCO.[Cl-].[Cl-].[Cl-].[Er+3]. The van der Waals surface area contributed by atoms with Crippen molar-refractivity contribution in [3.05, 3.63) is 0 Å². The number of halogens is 3. The minimum absolute atomic E-state index is 0. The van der Waals surface area contributed by atoms with Crippen molar-refractivity contribution in [2.45, 2.75) is 6.92 Å². The van der Waals surface area contributed by atoms with Gasteiger partial charge in [0.1, 0.15) is 0 Å². The van der Waals surface area contributed by atoms with E-state index in [0.717, 1.165) is 0 Å². The molecular weight excluding hydrogens is 314 g/mol. The third kappa shape index (κ3) is 69.2. The number of rotatable bonds is 0. The molecule has 0 aliphatic carbocycles. The van der Waals surface area contributed by atoms with Crippen LogP contribution < -0.4 is 37.2 Å². The summed E-state index contributed by atoms with van der Waals surface area (Å²) in [4.78, 5) is 0. The van der Waals surface area contributed by atoms with E-state index in [1.165, 1.54) is 0 Å². The molecule has 0 heterocycles. The second-order valence-electron chi connectivity index (χ2n) is 0.316. The third-order valence-electron chi connectivity index (χ3n) is 0. The predicted octanol–water partition coefficient (Wildman–Crippen LogP) is -8.99. The average Bonchev–Trinajstić information content (AvgIpc) is 0.918. The Balaban J connectivity index is -0.00000000333. The van der Waals surface area contributed by atoms with Crippen LogP contribution in [0.3, 0.4) is 0 Å². The van der Waals surface area contributed by atoms with Gasteiger partial charge in [0.2, 0.25) is 0 Å². The first-order valence-corrected chi connectivity index (χ1v) is 1.02. The van der Waals surface area contributed by atoms with Crippen molar-refractivity contribution < 1.29 is 79.6 Å². The predicted molar refractivity (Wildman–Crippen MR) is 12.8 cm³/mol. The van der Waals surface area contributed by atoms with Gasteiger partial charge in [0, 0.05) is 6.61 Å². The summed E-state index contributed by atoms with van der Waals surface area (Å²) < 4.78 is 0. The van der Waals surface area contributed by atoms with Gasteiger partial charge in [-0.05, 0) is 6.92 Å². The normalized spacial score (nSPS) is 2.57. The Kier molecular flexibility index (Phi) is 217. The molecule has 0 saturated heterocycles. The molecule has 0 aliphatic heterocycles. The Morgan fingerprint density at radius 3 is 1.14 bits per heavy atom. The van der Waals surface area contributed by atoms with Crippen LogP contribution in [0.5, 0.6) is 0 Å². The summed E-state index contributed by atoms with van der Waals surface area (Å²) in [5, 5.41) is 7.57. The van der Waals surface area contributed by atoms with Gasteiger partial charge >= 0.3 is 37.3 Å². The zero-order valence-corrected chi connectivity index (χ0v) is 7.70. The van der Waals surface area contributed by atoms with Crippen molar-refractivity contribution in [1.29, 1.82) is 0 Å². The van der Waals surface area contributed by atoms with Crippen LogP contribution in [0, 0.1) is 37.3 Å². The van der Waals surface area contributed by atoms with E-state index in [4.69, 9.17) is 5.11 Å². The summed E-state index contributed by atoms with van der Waals surface area (Å²) in [5.74, 6) is 0. The van der Waals surface area contributed by atoms with Gasteiger partial charge in [0.05, 0.1) is 0 Å². The van der Waals surface area contributed by atoms with Crippen LogP contribution >= 0.6 is 0 Å². The first-order chi connectivity index (χ1) is 1.41. The molecular formula is C2H6Cl3ErO. The third-order valence-corrected chi connectivity index (χ3v) is 0. The van der Waals surface area contributed by atoms with Crippen molar-refractivity contribution in [3.8, 4) is 0 Å². The molecule has 1 N–H and O–H groups in total. The molecule has 0 amide bonds. The molecule has 0 unspecified atom stereocenters. The smallest absolute Gasteiger partial charge is 1.00 e. The number of hydrogen-bond donors (Lipinski definition) is 1. The fraction of sp³-hybridized carbons (Fsp3) is 1.00. The summed E-state index contributed by atoms with van der Waals surface area (Å²) in [5.41, 5.74) is 0. The zero-order chi connectivity index (χ0) is 2.71. The maximum absolute atomic E-state index is 7.57. The summed E-state index contributed by atoms with van der Waals surface area (Å²) >= 11 is 0. The monoisotopic (exact) mass is 317 g/mol. The van der Waals surface area contributed by atoms with E-state index in [2.05, 4.69) is 0 Å². The minimum atomic E-state index is 0. The van der Waals surface area contributed by atoms with E-state index in [9.17, 15) is 0 Å². The molecule has 0 spiro atoms. The maximum Gasteiger partial charge on any atom is 3.00 e. The fourth-order valence-electron chi connectivity index (χ4n) is 0. The number of aliphatic hydroxyl groups is 1. The van der Waals surface area contributed by atoms with Crippen molar-refractivity contribution in [2.24, 2.45) is 0 Å². The van der Waals surface area contributed by atoms with Crippen LogP contribution in [0.1, 0.15) is 6.92 Å². The van der Waals surface area contributed by atoms with Crippen LogP contribution in [-0.2, 0) is 0 Å². The molecule has 0 saturated carbocycles. The van der Waals surface area contributed by atoms with Crippen LogP contribution in [0.15, 0.2) is 0 Å². The quantitative estimate of drug-likeness (QED) is 0.470. The fourth-order valence-corrected chi connectivity index (χ4v) is 0. The van der Waals surface area contributed by atoms with E-state index in [1.807, 2.05) is 0 Å². The number of hydrogen-bond acceptors (Lipinski definition) is 1. The maximum atomic E-state index is 7.57. The van der Waals surface area contributed by atoms with Crippen molar-refractivity contribution in [3.63, 3.8) is 0 Å². The van der Waals surface area contributed by atoms with Crippen molar-refractivity contribution >= 4 is 0 Å². The van der Waals surface area contributed by atoms with Gasteiger partial charge in [-0.1, -0.05) is 0 Å². The van der Waals surface area contributed by atoms with E-state index in [1.54, 1.807) is 6.92 Å². The molecule has 0 atom stereocenters. The Hall–Kier alpha value is 2.08. The average molecular weight is 320 g/mol. The molecule has 7 heavy (non-hydrogen) atoms. The van der Waals surface area contributed by atoms with Crippen molar-refractivity contribution in [1.82, 2.24) is 0 Å². The van der Waals surface area contributed by atoms with E-state index < -0.39 is 0 Å². The summed E-state index contributed by atoms with van der Waals surface area (Å²) in [6.07, 6.45) is 0. The van der Waals surface area contributed by atoms with Crippen LogP contribution in [0.4, 0.5) is 0 Å². The van der Waals surface area contributed by atoms with Crippen molar-refractivity contribution in [2.75, 3.05) is 6.61 Å². The van der Waals surface area contributed by atoms with E-state index in [-0.39, 0.29) is 81.1 Å². The molecule has 0 bridgehead atoms. The van der Waals surface area contributed by atoms with Crippen LogP contribution in [0.25, 0.3) is 0 Å². The molecule has 0 fully saturated rings. The van der Waals surface area contributed by atoms with Gasteiger partial charge < -0.3 is 42.3 Å². The molecule has 0 rings (SSSR count). The molecule has 0 aromatic carbocycles. The molecule has 1 nitrogen and oxygen atoms in total. The van der Waals surface area contributed by atoms with Gasteiger partial charge in [-0.25, -0.2) is 0 Å². The second kappa shape index (κ2) is 42.7. The van der Waals surface area contributed by atoms with Gasteiger partial charge in [-0.3, -0.25) is 0 Å². The molecule has 1 radical (unpaired) electrons. The van der Waals surface area contributed by atoms with Gasteiger partial charge in [-0.2, -0.15) is 0 Å². The Labute approximate surface area is 92.1 Å². The number of aliphatic hydroxyl groups excluding tert-OH is 1. The molecule has 0 aromatic heterocycles. The Morgan fingerprint density at radius 2 is 1.14 bits per heavy atom. The standard InChI is InChI=1S/C2H6O.3ClH.Er/c1-2-3;;;;/h3H,2H2,1H3;3*1H;/q;;;;+3/p-3. The van der Waals surface area contributed by atoms with E-state index >= 15 is 0 Å². The first-order valence-electron chi connectivity index (χ1n) is 1.02. The topological polar surface area (TPSA) is 20.2 Å². The summed E-state index contributed by atoms with van der Waals surface area (Å²) in [6.45, 7) is 1.93. The molecule has 0 aromatic rings. The van der Waals surface area contributed by atoms with E-state index in [0.29, 0.717) is 0 Å². The van der Waals surface area contributed by atoms with Gasteiger partial charge in [0.15, 0.2) is 0 Å². The Morgan fingerprint density at radius 1 is 1.14 bits per heavy atom. The molecule has 0 aliphatic rings. The first kappa shape index (κ1) is 35.6. The molecule has 5 heteroatoms. The zero-order valence-electron chi connectivity index (χ0n) is 3.58. The van der Waals surface area contributed by atoms with Gasteiger partial charge in [0.25, 0.3) is 0 Å².